The Morgan fingerprint density at radius 2 is 2.00 bits per heavy atom. The van der Waals surface area contributed by atoms with E-state index in [1.807, 2.05) is 19.1 Å². The summed E-state index contributed by atoms with van der Waals surface area (Å²) in [5.74, 6) is 0. The summed E-state index contributed by atoms with van der Waals surface area (Å²) in [6, 6.07) is 10.5. The second-order valence-electron chi connectivity index (χ2n) is 3.85. The van der Waals surface area contributed by atoms with Crippen LogP contribution in [0.5, 0.6) is 0 Å². The molecule has 0 saturated carbocycles. The molecule has 0 aliphatic carbocycles. The van der Waals surface area contributed by atoms with E-state index in [4.69, 9.17) is 5.11 Å². The van der Waals surface area contributed by atoms with Gasteiger partial charge in [-0.3, -0.25) is 0 Å². The van der Waals surface area contributed by atoms with Crippen LogP contribution in [0, 0.1) is 0 Å². The molecule has 1 N–H and O–H groups in total. The number of hydrogen-bond donors (Lipinski definition) is 1. The van der Waals surface area contributed by atoms with Gasteiger partial charge in [0.25, 0.3) is 0 Å². The summed E-state index contributed by atoms with van der Waals surface area (Å²) < 4.78 is 0. The van der Waals surface area contributed by atoms with Gasteiger partial charge in [0, 0.05) is 6.61 Å². The van der Waals surface area contributed by atoms with Crippen LogP contribution in [0.3, 0.4) is 0 Å². The van der Waals surface area contributed by atoms with E-state index < -0.39 is 0 Å². The molecule has 0 bridgehead atoms. The lowest BCUT2D eigenvalue weighted by Gasteiger charge is -2.03. The molecule has 0 spiro atoms. The summed E-state index contributed by atoms with van der Waals surface area (Å²) in [5, 5.41) is 8.90. The van der Waals surface area contributed by atoms with E-state index in [0.717, 1.165) is 25.7 Å². The number of rotatable bonds is 6. The van der Waals surface area contributed by atoms with E-state index >= 15 is 0 Å². The molecule has 0 saturated heterocycles. The van der Waals surface area contributed by atoms with Crippen molar-refractivity contribution in [3.05, 3.63) is 53.3 Å². The molecular formula is C15H20O. The highest BCUT2D eigenvalue weighted by atomic mass is 16.2. The fourth-order valence-electron chi connectivity index (χ4n) is 1.76. The second-order valence-corrected chi connectivity index (χ2v) is 3.85. The van der Waals surface area contributed by atoms with E-state index in [9.17, 15) is 0 Å². The van der Waals surface area contributed by atoms with Gasteiger partial charge in [-0.25, -0.2) is 0 Å². The van der Waals surface area contributed by atoms with Crippen LogP contribution in [0.15, 0.2) is 47.7 Å². The lowest BCUT2D eigenvalue weighted by Crippen LogP contribution is -1.91. The summed E-state index contributed by atoms with van der Waals surface area (Å²) in [4.78, 5) is 0. The van der Waals surface area contributed by atoms with Crippen molar-refractivity contribution in [2.45, 2.75) is 32.6 Å². The van der Waals surface area contributed by atoms with Gasteiger partial charge in [-0.1, -0.05) is 30.3 Å². The zero-order chi connectivity index (χ0) is 11.6. The van der Waals surface area contributed by atoms with Gasteiger partial charge in [-0.15, -0.1) is 5.73 Å². The van der Waals surface area contributed by atoms with Crippen molar-refractivity contribution in [2.24, 2.45) is 0 Å². The van der Waals surface area contributed by atoms with E-state index in [0.29, 0.717) is 0 Å². The third-order valence-electron chi connectivity index (χ3n) is 2.55. The first-order valence-corrected chi connectivity index (χ1v) is 5.90. The largest absolute Gasteiger partial charge is 0.396 e. The van der Waals surface area contributed by atoms with E-state index in [1.54, 1.807) is 0 Å². The van der Waals surface area contributed by atoms with Gasteiger partial charge < -0.3 is 5.11 Å². The van der Waals surface area contributed by atoms with Gasteiger partial charge >= 0.3 is 0 Å². The van der Waals surface area contributed by atoms with Crippen molar-refractivity contribution in [3.63, 3.8) is 0 Å². The van der Waals surface area contributed by atoms with Gasteiger partial charge in [0.2, 0.25) is 0 Å². The maximum atomic E-state index is 8.90. The summed E-state index contributed by atoms with van der Waals surface area (Å²) in [6.07, 6.45) is 5.92. The average Bonchev–Trinajstić information content (AvgIpc) is 2.31. The maximum absolute atomic E-state index is 8.90. The lowest BCUT2D eigenvalue weighted by atomic mass is 10.0. The van der Waals surface area contributed by atoms with Crippen molar-refractivity contribution in [1.29, 1.82) is 0 Å². The third-order valence-corrected chi connectivity index (χ3v) is 2.55. The van der Waals surface area contributed by atoms with Crippen LogP contribution in [-0.4, -0.2) is 11.7 Å². The van der Waals surface area contributed by atoms with Gasteiger partial charge in [-0.2, -0.15) is 0 Å². The first-order valence-electron chi connectivity index (χ1n) is 5.90. The van der Waals surface area contributed by atoms with Gasteiger partial charge in [0.1, 0.15) is 0 Å². The van der Waals surface area contributed by atoms with E-state index in [2.05, 4.69) is 30.0 Å². The van der Waals surface area contributed by atoms with Gasteiger partial charge in [0.15, 0.2) is 0 Å². The predicted octanol–water partition coefficient (Wildman–Crippen LogP) is 3.49. The predicted molar refractivity (Wildman–Crippen MR) is 68.4 cm³/mol. The monoisotopic (exact) mass is 216 g/mol. The molecule has 0 aliphatic rings. The summed E-state index contributed by atoms with van der Waals surface area (Å²) >= 11 is 0. The molecular weight excluding hydrogens is 196 g/mol. The van der Waals surface area contributed by atoms with Gasteiger partial charge in [-0.05, 0) is 49.8 Å². The Morgan fingerprint density at radius 3 is 2.62 bits per heavy atom. The van der Waals surface area contributed by atoms with Crippen molar-refractivity contribution < 1.29 is 5.11 Å². The molecule has 1 heteroatoms. The maximum Gasteiger partial charge on any atom is 0.0474 e. The zero-order valence-electron chi connectivity index (χ0n) is 9.95. The number of aryl methyl sites for hydroxylation is 1. The molecule has 0 unspecified atom stereocenters. The Balaban J connectivity index is 2.37. The topological polar surface area (TPSA) is 20.2 Å². The van der Waals surface area contributed by atoms with Gasteiger partial charge in [0.05, 0.1) is 0 Å². The number of aliphatic hydroxyl groups is 1. The first kappa shape index (κ1) is 12.8. The zero-order valence-corrected chi connectivity index (χ0v) is 9.95. The molecule has 86 valence electrons. The fourth-order valence-corrected chi connectivity index (χ4v) is 1.76. The molecule has 0 aliphatic heterocycles. The molecule has 0 aromatic heterocycles. The Hall–Kier alpha value is -1.30. The Kier molecular flexibility index (Phi) is 6.32. The minimum atomic E-state index is 0.224. The Morgan fingerprint density at radius 1 is 1.25 bits per heavy atom. The average molecular weight is 216 g/mol. The quantitative estimate of drug-likeness (QED) is 0.722. The van der Waals surface area contributed by atoms with E-state index in [1.165, 1.54) is 11.1 Å². The highest BCUT2D eigenvalue weighted by Crippen LogP contribution is 2.11. The smallest absolute Gasteiger partial charge is 0.0474 e. The molecule has 0 heterocycles. The molecule has 1 aromatic carbocycles. The highest BCUT2D eigenvalue weighted by molar-refractivity contribution is 5.15. The third kappa shape index (κ3) is 4.97. The van der Waals surface area contributed by atoms with Crippen LogP contribution >= 0.6 is 0 Å². The summed E-state index contributed by atoms with van der Waals surface area (Å²) in [6.45, 7) is 2.19. The van der Waals surface area contributed by atoms with Crippen LogP contribution in [0.25, 0.3) is 0 Å². The van der Waals surface area contributed by atoms with E-state index in [-0.39, 0.29) is 6.61 Å². The van der Waals surface area contributed by atoms with Crippen LogP contribution in [0.2, 0.25) is 0 Å². The summed E-state index contributed by atoms with van der Waals surface area (Å²) in [7, 11) is 0. The minimum absolute atomic E-state index is 0.224. The number of aliphatic hydroxyl groups excluding tert-OH is 1. The van der Waals surface area contributed by atoms with Crippen LogP contribution < -0.4 is 0 Å². The highest BCUT2D eigenvalue weighted by Gasteiger charge is 1.97. The molecule has 1 nitrogen and oxygen atoms in total. The molecule has 0 fully saturated rings. The molecule has 0 radical (unpaired) electrons. The SMILES string of the molecule is CC=C=C(CCO)CCCc1ccccc1. The van der Waals surface area contributed by atoms with Crippen LogP contribution in [0.1, 0.15) is 31.7 Å². The first-order chi connectivity index (χ1) is 7.86. The summed E-state index contributed by atoms with van der Waals surface area (Å²) in [5.41, 5.74) is 5.81. The molecule has 0 atom stereocenters. The fraction of sp³-hybridized carbons (Fsp3) is 0.400. The minimum Gasteiger partial charge on any atom is -0.396 e. The Labute approximate surface area is 98.1 Å². The van der Waals surface area contributed by atoms with Crippen LogP contribution in [0.4, 0.5) is 0 Å². The molecule has 16 heavy (non-hydrogen) atoms. The lowest BCUT2D eigenvalue weighted by molar-refractivity contribution is 0.297. The van der Waals surface area contributed by atoms with Crippen molar-refractivity contribution in [2.75, 3.05) is 6.61 Å². The number of benzene rings is 1. The molecule has 0 amide bonds. The molecule has 1 rings (SSSR count). The number of hydrogen-bond acceptors (Lipinski definition) is 1. The standard InChI is InChI=1S/C15H20O/c1-2-7-14(12-13-16)10-6-11-15-8-4-3-5-9-15/h2-5,8-9,16H,6,10-13H2,1H3. The molecule has 1 aromatic rings. The Bertz CT molecular complexity index is 345. The normalized spacial score (nSPS) is 9.62. The second kappa shape index (κ2) is 7.92. The van der Waals surface area contributed by atoms with Crippen molar-refractivity contribution in [1.82, 2.24) is 0 Å². The van der Waals surface area contributed by atoms with Crippen LogP contribution in [-0.2, 0) is 6.42 Å². The van der Waals surface area contributed by atoms with Crippen molar-refractivity contribution >= 4 is 0 Å². The van der Waals surface area contributed by atoms with Crippen molar-refractivity contribution in [3.8, 4) is 0 Å².